The fraction of sp³-hybridized carbons (Fsp3) is 0.833. The molecule has 0 aliphatic rings. The Morgan fingerprint density at radius 2 is 0.441 bits per heavy atom. The van der Waals surface area contributed by atoms with Crippen LogP contribution < -0.4 is 87.6 Å². The maximum absolute atomic E-state index is 14.7. The third-order valence-corrected chi connectivity index (χ3v) is 18.6. The van der Waals surface area contributed by atoms with Gasteiger partial charge < -0.3 is 87.6 Å². The zero-order valence-corrected chi connectivity index (χ0v) is 59.1. The summed E-state index contributed by atoms with van der Waals surface area (Å²) in [5, 5.41) is 28.3. The molecule has 0 fully saturated rings. The van der Waals surface area contributed by atoms with Gasteiger partial charge in [0.25, 0.3) is 0 Å². The van der Waals surface area contributed by atoms with Gasteiger partial charge in [-0.15, -0.1) is 0 Å². The van der Waals surface area contributed by atoms with Gasteiger partial charge in [-0.05, 0) is 138 Å². The molecule has 0 aromatic carbocycles. The van der Waals surface area contributed by atoms with Gasteiger partial charge in [-0.1, -0.05) is 148 Å². The molecule has 0 heterocycles. The van der Waals surface area contributed by atoms with E-state index in [4.69, 9.17) is 34.4 Å². The minimum absolute atomic E-state index is 0.0961. The summed E-state index contributed by atoms with van der Waals surface area (Å²) in [6, 6.07) is -12.5. The summed E-state index contributed by atoms with van der Waals surface area (Å²) in [5.41, 5.74) is 35.0. The Bertz CT molecular complexity index is 2280. The van der Waals surface area contributed by atoms with Crippen molar-refractivity contribution < 1.29 is 52.7 Å². The molecule has 0 unspecified atom stereocenters. The molecule has 0 rings (SSSR count). The third kappa shape index (κ3) is 30.9. The van der Waals surface area contributed by atoms with Crippen LogP contribution in [-0.4, -0.2) is 158 Å². The van der Waals surface area contributed by atoms with Gasteiger partial charge in [-0.25, -0.2) is 0 Å². The highest BCUT2D eigenvalue weighted by Crippen LogP contribution is 2.19. The lowest BCUT2D eigenvalue weighted by Gasteiger charge is -2.32. The van der Waals surface area contributed by atoms with E-state index in [1.54, 1.807) is 48.5 Å². The van der Waals surface area contributed by atoms with Crippen LogP contribution in [0.4, 0.5) is 0 Å². The molecule has 0 aromatic rings. The topological polar surface area (TPSA) is 464 Å². The van der Waals surface area contributed by atoms with Gasteiger partial charge in [0.05, 0.1) is 6.04 Å². The van der Waals surface area contributed by atoms with Crippen molar-refractivity contribution in [2.24, 2.45) is 75.8 Å². The van der Waals surface area contributed by atoms with Crippen molar-refractivity contribution in [2.75, 3.05) is 26.2 Å². The highest BCUT2D eigenvalue weighted by molar-refractivity contribution is 5.99. The summed E-state index contributed by atoms with van der Waals surface area (Å²) in [4.78, 5) is 156. The van der Waals surface area contributed by atoms with Crippen LogP contribution in [0, 0.1) is 41.4 Å². The molecule has 18 atom stereocenters. The predicted octanol–water partition coefficient (Wildman–Crippen LogP) is 1.49. The molecular weight excluding hydrogens is 1190 g/mol. The van der Waals surface area contributed by atoms with Crippen molar-refractivity contribution in [1.29, 1.82) is 0 Å². The molecule has 0 saturated carbocycles. The molecule has 27 heteroatoms. The van der Waals surface area contributed by atoms with Crippen LogP contribution in [0.15, 0.2) is 0 Å². The maximum atomic E-state index is 14.7. The van der Waals surface area contributed by atoms with E-state index < -0.39 is 167 Å². The number of primary amides is 1. The summed E-state index contributed by atoms with van der Waals surface area (Å²) in [7, 11) is 0. The van der Waals surface area contributed by atoms with E-state index in [0.717, 1.165) is 0 Å². The lowest BCUT2D eigenvalue weighted by Crippen LogP contribution is -2.63. The van der Waals surface area contributed by atoms with E-state index in [0.29, 0.717) is 122 Å². The first-order valence-electron chi connectivity index (χ1n) is 34.9. The van der Waals surface area contributed by atoms with Crippen molar-refractivity contribution in [1.82, 2.24) is 53.2 Å². The molecule has 538 valence electrons. The standard InChI is InChI=1S/C66H128N16O11/c1-15-38(8)49(56(72)83)76-63(90)55(44(14)21-7)82-66(93)54(43(13)20-6)79-60(87)48(33-25-29-37-70)75-62(89)51(40(10)17-3)81-65(92)53(42(12)19-5)78-59(86)47(32-24-28-36-69)74-61(88)50(39(9)16-2)80-64(91)52(41(11)18-4)77-58(85)46(31-23-27-35-68)73-57(84)45(71)30-22-26-34-67/h38-55H,15-37,67-71H2,1-14H3,(H2,72,83)(H,73,84)(H,74,88)(H,75,89)(H,76,90)(H,77,85)(H,78,86)(H,79,87)(H,80,91)(H,81,92)(H,82,93)/t38-,39-,40-,41-,42-,43-,44-,45+,46+,47+,48+,49-,50-,51-,52-,53-,54-,55-/m0/s1. The van der Waals surface area contributed by atoms with Gasteiger partial charge in [-0.2, -0.15) is 0 Å². The SMILES string of the molecule is CC[C@H](C)[C@H](NC(=O)[C@@H](NC(=O)[C@@H](NC(=O)[C@@H](CCCCN)NC(=O)[C@@H](NC(=O)[C@@H](NC(=O)[C@@H](CCCCN)NC(=O)[C@@H](NC(=O)[C@@H](NC(=O)[C@@H](CCCCN)NC(=O)[C@H](N)CCCCN)[C@@H](C)CC)[C@@H](C)CC)[C@@H](C)CC)[C@@H](C)CC)[C@@H](C)CC)[C@@H](C)CC)C(N)=O. The zero-order chi connectivity index (χ0) is 71.1. The fourth-order valence-electron chi connectivity index (χ4n) is 10.4. The lowest BCUT2D eigenvalue weighted by molar-refractivity contribution is -0.138. The highest BCUT2D eigenvalue weighted by Gasteiger charge is 2.40. The second kappa shape index (κ2) is 47.8. The van der Waals surface area contributed by atoms with Crippen LogP contribution in [0.1, 0.15) is 219 Å². The quantitative estimate of drug-likeness (QED) is 0.0384. The van der Waals surface area contributed by atoms with Crippen LogP contribution >= 0.6 is 0 Å². The van der Waals surface area contributed by atoms with Gasteiger partial charge >= 0.3 is 0 Å². The average Bonchev–Trinajstić information content (AvgIpc) is 1.84. The van der Waals surface area contributed by atoms with Crippen molar-refractivity contribution >= 4 is 65.0 Å². The van der Waals surface area contributed by atoms with Gasteiger partial charge in [0.1, 0.15) is 60.4 Å². The number of hydrogen-bond donors (Lipinski definition) is 16. The molecule has 93 heavy (non-hydrogen) atoms. The van der Waals surface area contributed by atoms with Crippen molar-refractivity contribution in [3.63, 3.8) is 0 Å². The monoisotopic (exact) mass is 1320 g/mol. The van der Waals surface area contributed by atoms with Crippen LogP contribution in [0.2, 0.25) is 0 Å². The normalized spacial score (nSPS) is 17.3. The second-order valence-corrected chi connectivity index (χ2v) is 25.9. The number of carbonyl (C=O) groups excluding carboxylic acids is 11. The number of carbonyl (C=O) groups is 11. The van der Waals surface area contributed by atoms with Gasteiger partial charge in [0.15, 0.2) is 0 Å². The number of rotatable bonds is 51. The first-order chi connectivity index (χ1) is 44.0. The molecule has 0 aromatic heterocycles. The summed E-state index contributed by atoms with van der Waals surface area (Å²) in [6.45, 7) is 26.7. The molecule has 0 bridgehead atoms. The fourth-order valence-corrected chi connectivity index (χ4v) is 10.4. The highest BCUT2D eigenvalue weighted by atomic mass is 16.2. The Morgan fingerprint density at radius 1 is 0.258 bits per heavy atom. The van der Waals surface area contributed by atoms with E-state index in [1.165, 1.54) is 0 Å². The van der Waals surface area contributed by atoms with E-state index in [2.05, 4.69) is 53.2 Å². The van der Waals surface area contributed by atoms with Crippen molar-refractivity contribution in [3.8, 4) is 0 Å². The lowest BCUT2D eigenvalue weighted by atomic mass is 9.93. The van der Waals surface area contributed by atoms with Crippen molar-refractivity contribution in [2.45, 2.75) is 285 Å². The summed E-state index contributed by atoms with van der Waals surface area (Å²) in [5.74, 6) is -10.3. The van der Waals surface area contributed by atoms with E-state index in [1.807, 2.05) is 48.5 Å². The van der Waals surface area contributed by atoms with E-state index in [-0.39, 0.29) is 31.7 Å². The smallest absolute Gasteiger partial charge is 0.243 e. The summed E-state index contributed by atoms with van der Waals surface area (Å²) < 4.78 is 0. The molecule has 0 radical (unpaired) electrons. The molecule has 27 nitrogen and oxygen atoms in total. The average molecular weight is 1320 g/mol. The number of unbranched alkanes of at least 4 members (excludes halogenated alkanes) is 4. The maximum Gasteiger partial charge on any atom is 0.243 e. The third-order valence-electron chi connectivity index (χ3n) is 18.6. The van der Waals surface area contributed by atoms with Gasteiger partial charge in [0.2, 0.25) is 65.0 Å². The Hall–Kier alpha value is -6.03. The number of nitrogens with one attached hydrogen (secondary N) is 10. The Morgan fingerprint density at radius 3 is 0.656 bits per heavy atom. The van der Waals surface area contributed by atoms with Crippen LogP contribution in [-0.2, 0) is 52.7 Å². The van der Waals surface area contributed by atoms with Crippen LogP contribution in [0.25, 0.3) is 0 Å². The first-order valence-corrected chi connectivity index (χ1v) is 34.9. The number of amides is 11. The molecular formula is C66H128N16O11. The Kier molecular flexibility index (Phi) is 44.7. The first kappa shape index (κ1) is 87.0. The molecule has 0 aliphatic heterocycles. The summed E-state index contributed by atoms with van der Waals surface area (Å²) in [6.07, 6.45) is 8.10. The van der Waals surface area contributed by atoms with Crippen molar-refractivity contribution in [3.05, 3.63) is 0 Å². The van der Waals surface area contributed by atoms with Crippen LogP contribution in [0.3, 0.4) is 0 Å². The zero-order valence-electron chi connectivity index (χ0n) is 59.1. The van der Waals surface area contributed by atoms with Crippen LogP contribution in [0.5, 0.6) is 0 Å². The molecule has 11 amide bonds. The second-order valence-electron chi connectivity index (χ2n) is 25.9. The molecule has 22 N–H and O–H groups in total. The van der Waals surface area contributed by atoms with E-state index >= 15 is 0 Å². The van der Waals surface area contributed by atoms with E-state index in [9.17, 15) is 52.7 Å². The number of nitrogens with two attached hydrogens (primary N) is 6. The van der Waals surface area contributed by atoms with Gasteiger partial charge in [0, 0.05) is 0 Å². The Balaban J connectivity index is 7.10. The molecule has 0 spiro atoms. The number of hydrogen-bond acceptors (Lipinski definition) is 16. The van der Waals surface area contributed by atoms with Gasteiger partial charge in [-0.3, -0.25) is 52.7 Å². The largest absolute Gasteiger partial charge is 0.368 e. The Labute approximate surface area is 556 Å². The minimum atomic E-state index is -1.24. The molecule has 0 saturated heterocycles. The summed E-state index contributed by atoms with van der Waals surface area (Å²) >= 11 is 0. The predicted molar refractivity (Wildman–Crippen MR) is 364 cm³/mol. The molecule has 0 aliphatic carbocycles. The minimum Gasteiger partial charge on any atom is -0.368 e.